The zero-order valence-corrected chi connectivity index (χ0v) is 12.6. The number of amides is 1. The summed E-state index contributed by atoms with van der Waals surface area (Å²) in [6.07, 6.45) is 0. The van der Waals surface area contributed by atoms with Crippen LogP contribution in [-0.2, 0) is 7.05 Å². The molecule has 0 spiro atoms. The molecule has 0 aliphatic heterocycles. The number of nitrogens with zero attached hydrogens (tertiary/aromatic N) is 2. The Hall–Kier alpha value is -1.88. The van der Waals surface area contributed by atoms with Gasteiger partial charge in [-0.15, -0.1) is 0 Å². The molecule has 0 aliphatic rings. The fourth-order valence-corrected chi connectivity index (χ4v) is 1.88. The molecule has 1 amide bonds. The van der Waals surface area contributed by atoms with E-state index in [4.69, 9.17) is 0 Å². The molecule has 1 heterocycles. The second-order valence-electron chi connectivity index (χ2n) is 6.13. The second-order valence-corrected chi connectivity index (χ2v) is 6.13. The summed E-state index contributed by atoms with van der Waals surface area (Å²) >= 11 is 0. The van der Waals surface area contributed by atoms with E-state index in [0.29, 0.717) is 5.69 Å². The minimum absolute atomic E-state index is 0.283. The van der Waals surface area contributed by atoms with Gasteiger partial charge in [0.2, 0.25) is 0 Å². The molecule has 108 valence electrons. The van der Waals surface area contributed by atoms with Crippen molar-refractivity contribution in [2.45, 2.75) is 38.8 Å². The second kappa shape index (κ2) is 4.59. The maximum absolute atomic E-state index is 12.4. The standard InChI is InChI=1S/C15H21N3O2/c1-14(2,15(3,4)20)16-13(19)12-10-8-6-7-9-11(10)18(5)17-12/h6-9,20H,1-5H3,(H,16,19). The van der Waals surface area contributed by atoms with Crippen molar-refractivity contribution in [3.8, 4) is 0 Å². The first kappa shape index (κ1) is 14.5. The van der Waals surface area contributed by atoms with Gasteiger partial charge in [-0.1, -0.05) is 18.2 Å². The zero-order valence-electron chi connectivity index (χ0n) is 12.6. The molecular formula is C15H21N3O2. The van der Waals surface area contributed by atoms with Crippen molar-refractivity contribution in [2.24, 2.45) is 7.05 Å². The Balaban J connectivity index is 2.38. The molecule has 1 aromatic heterocycles. The fourth-order valence-electron chi connectivity index (χ4n) is 1.88. The summed E-state index contributed by atoms with van der Waals surface area (Å²) in [4.78, 5) is 12.4. The van der Waals surface area contributed by atoms with Crippen LogP contribution >= 0.6 is 0 Å². The predicted molar refractivity (Wildman–Crippen MR) is 78.6 cm³/mol. The molecule has 0 bridgehead atoms. The number of fused-ring (bicyclic) bond motifs is 1. The quantitative estimate of drug-likeness (QED) is 0.898. The summed E-state index contributed by atoms with van der Waals surface area (Å²) in [5, 5.41) is 18.1. The molecule has 0 fully saturated rings. The normalized spacial score (nSPS) is 12.7. The van der Waals surface area contributed by atoms with Crippen molar-refractivity contribution >= 4 is 16.8 Å². The lowest BCUT2D eigenvalue weighted by Gasteiger charge is -2.37. The molecule has 5 heteroatoms. The van der Waals surface area contributed by atoms with E-state index in [-0.39, 0.29) is 5.91 Å². The van der Waals surface area contributed by atoms with Gasteiger partial charge in [-0.2, -0.15) is 5.10 Å². The summed E-state index contributed by atoms with van der Waals surface area (Å²) in [7, 11) is 1.81. The number of carbonyl (C=O) groups excluding carboxylic acids is 1. The molecule has 1 aromatic carbocycles. The third-order valence-corrected chi connectivity index (χ3v) is 3.93. The van der Waals surface area contributed by atoms with Gasteiger partial charge in [0.05, 0.1) is 16.7 Å². The minimum Gasteiger partial charge on any atom is -0.388 e. The number of rotatable bonds is 3. The van der Waals surface area contributed by atoms with Gasteiger partial charge in [-0.3, -0.25) is 9.48 Å². The first-order valence-electron chi connectivity index (χ1n) is 6.60. The molecule has 0 atom stereocenters. The first-order valence-corrected chi connectivity index (χ1v) is 6.60. The van der Waals surface area contributed by atoms with Crippen LogP contribution in [0.1, 0.15) is 38.2 Å². The van der Waals surface area contributed by atoms with Crippen LogP contribution in [0.25, 0.3) is 10.9 Å². The van der Waals surface area contributed by atoms with Gasteiger partial charge < -0.3 is 10.4 Å². The predicted octanol–water partition coefficient (Wildman–Crippen LogP) is 1.85. The summed E-state index contributed by atoms with van der Waals surface area (Å²) in [5.74, 6) is -0.283. The smallest absolute Gasteiger partial charge is 0.272 e. The van der Waals surface area contributed by atoms with Crippen LogP contribution in [0.3, 0.4) is 0 Å². The highest BCUT2D eigenvalue weighted by molar-refractivity contribution is 6.05. The lowest BCUT2D eigenvalue weighted by atomic mass is 9.86. The summed E-state index contributed by atoms with van der Waals surface area (Å²) in [6.45, 7) is 6.92. The highest BCUT2D eigenvalue weighted by Crippen LogP contribution is 2.23. The average molecular weight is 275 g/mol. The van der Waals surface area contributed by atoms with E-state index in [1.807, 2.05) is 24.3 Å². The van der Waals surface area contributed by atoms with Crippen molar-refractivity contribution in [2.75, 3.05) is 0 Å². The lowest BCUT2D eigenvalue weighted by Crippen LogP contribution is -2.57. The minimum atomic E-state index is -1.03. The SMILES string of the molecule is Cn1nc(C(=O)NC(C)(C)C(C)(C)O)c2ccccc21. The maximum Gasteiger partial charge on any atom is 0.272 e. The number of nitrogens with one attached hydrogen (secondary N) is 1. The van der Waals surface area contributed by atoms with E-state index < -0.39 is 11.1 Å². The van der Waals surface area contributed by atoms with Gasteiger partial charge >= 0.3 is 0 Å². The Kier molecular flexibility index (Phi) is 3.34. The molecule has 5 nitrogen and oxygen atoms in total. The Morgan fingerprint density at radius 2 is 1.85 bits per heavy atom. The van der Waals surface area contributed by atoms with E-state index >= 15 is 0 Å². The van der Waals surface area contributed by atoms with E-state index in [9.17, 15) is 9.90 Å². The number of aryl methyl sites for hydroxylation is 1. The third-order valence-electron chi connectivity index (χ3n) is 3.93. The van der Waals surface area contributed by atoms with Gasteiger partial charge in [-0.25, -0.2) is 0 Å². The number of hydrogen-bond donors (Lipinski definition) is 2. The molecule has 0 saturated carbocycles. The fraction of sp³-hybridized carbons (Fsp3) is 0.467. The van der Waals surface area contributed by atoms with E-state index in [1.54, 1.807) is 39.4 Å². The zero-order chi connectivity index (χ0) is 15.1. The number of benzene rings is 1. The maximum atomic E-state index is 12.4. The molecular weight excluding hydrogens is 254 g/mol. The van der Waals surface area contributed by atoms with Gasteiger partial charge in [0.1, 0.15) is 0 Å². The number of aromatic nitrogens is 2. The van der Waals surface area contributed by atoms with Crippen molar-refractivity contribution in [1.29, 1.82) is 0 Å². The molecule has 0 saturated heterocycles. The Bertz CT molecular complexity index is 651. The van der Waals surface area contributed by atoms with E-state index in [0.717, 1.165) is 10.9 Å². The van der Waals surface area contributed by atoms with E-state index in [2.05, 4.69) is 10.4 Å². The highest BCUT2D eigenvalue weighted by atomic mass is 16.3. The van der Waals surface area contributed by atoms with Crippen molar-refractivity contribution in [3.05, 3.63) is 30.0 Å². The van der Waals surface area contributed by atoms with Crippen molar-refractivity contribution in [3.63, 3.8) is 0 Å². The Morgan fingerprint density at radius 3 is 2.45 bits per heavy atom. The van der Waals surface area contributed by atoms with Gasteiger partial charge in [0.15, 0.2) is 5.69 Å². The van der Waals surface area contributed by atoms with Crippen LogP contribution in [0.2, 0.25) is 0 Å². The Labute approximate surface area is 118 Å². The van der Waals surface area contributed by atoms with Gasteiger partial charge in [0, 0.05) is 12.4 Å². The number of para-hydroxylation sites is 1. The molecule has 20 heavy (non-hydrogen) atoms. The van der Waals surface area contributed by atoms with Crippen LogP contribution in [-0.4, -0.2) is 31.9 Å². The summed E-state index contributed by atoms with van der Waals surface area (Å²) in [5.41, 5.74) is -0.519. The highest BCUT2D eigenvalue weighted by Gasteiger charge is 2.37. The van der Waals surface area contributed by atoms with Gasteiger partial charge in [0.25, 0.3) is 5.91 Å². The van der Waals surface area contributed by atoms with Crippen molar-refractivity contribution < 1.29 is 9.90 Å². The van der Waals surface area contributed by atoms with Crippen LogP contribution in [0.5, 0.6) is 0 Å². The number of aliphatic hydroxyl groups is 1. The van der Waals surface area contributed by atoms with Crippen LogP contribution in [0.15, 0.2) is 24.3 Å². The summed E-state index contributed by atoms with van der Waals surface area (Å²) in [6, 6.07) is 7.57. The molecule has 2 rings (SSSR count). The molecule has 0 aliphatic carbocycles. The van der Waals surface area contributed by atoms with Crippen LogP contribution in [0.4, 0.5) is 0 Å². The summed E-state index contributed by atoms with van der Waals surface area (Å²) < 4.78 is 1.68. The van der Waals surface area contributed by atoms with E-state index in [1.165, 1.54) is 0 Å². The lowest BCUT2D eigenvalue weighted by molar-refractivity contribution is -0.00300. The molecule has 0 unspecified atom stereocenters. The monoisotopic (exact) mass is 275 g/mol. The van der Waals surface area contributed by atoms with Crippen molar-refractivity contribution in [1.82, 2.24) is 15.1 Å². The first-order chi connectivity index (χ1) is 9.13. The topological polar surface area (TPSA) is 67.2 Å². The molecule has 0 radical (unpaired) electrons. The Morgan fingerprint density at radius 1 is 1.25 bits per heavy atom. The number of hydrogen-bond acceptors (Lipinski definition) is 3. The largest absolute Gasteiger partial charge is 0.388 e. The number of carbonyl (C=O) groups is 1. The molecule has 2 N–H and O–H groups in total. The van der Waals surface area contributed by atoms with Crippen LogP contribution in [0, 0.1) is 0 Å². The average Bonchev–Trinajstić information content (AvgIpc) is 2.66. The van der Waals surface area contributed by atoms with Gasteiger partial charge in [-0.05, 0) is 33.8 Å². The molecule has 2 aromatic rings. The van der Waals surface area contributed by atoms with Crippen LogP contribution < -0.4 is 5.32 Å². The third kappa shape index (κ3) is 2.41.